The third-order valence-electron chi connectivity index (χ3n) is 2.11. The van der Waals surface area contributed by atoms with Gasteiger partial charge in [0.2, 0.25) is 0 Å². The molecule has 0 aliphatic rings. The first-order valence-corrected chi connectivity index (χ1v) is 5.25. The van der Waals surface area contributed by atoms with Crippen molar-refractivity contribution in [3.05, 3.63) is 34.7 Å². The van der Waals surface area contributed by atoms with Crippen molar-refractivity contribution in [2.75, 3.05) is 5.32 Å². The summed E-state index contributed by atoms with van der Waals surface area (Å²) in [5.41, 5.74) is 1.03. The van der Waals surface area contributed by atoms with Gasteiger partial charge in [0, 0.05) is 13.1 Å². The average molecular weight is 252 g/mol. The maximum Gasteiger partial charge on any atom is 0.277 e. The molecular weight excluding hydrogens is 242 g/mol. The first-order chi connectivity index (χ1) is 8.06. The molecule has 0 aromatic carbocycles. The summed E-state index contributed by atoms with van der Waals surface area (Å²) >= 11 is 5.59. The zero-order valence-corrected chi connectivity index (χ0v) is 10.1. The molecule has 2 aromatic heterocycles. The molecule has 88 valence electrons. The summed E-state index contributed by atoms with van der Waals surface area (Å²) in [6, 6.07) is 4.78. The Morgan fingerprint density at radius 1 is 1.41 bits per heavy atom. The molecule has 2 aromatic rings. The van der Waals surface area contributed by atoms with Crippen LogP contribution < -0.4 is 5.32 Å². The predicted molar refractivity (Wildman–Crippen MR) is 62.9 cm³/mol. The van der Waals surface area contributed by atoms with Crippen molar-refractivity contribution in [3.8, 4) is 0 Å². The lowest BCUT2D eigenvalue weighted by Gasteiger charge is -2.03. The monoisotopic (exact) mass is 251 g/mol. The van der Waals surface area contributed by atoms with Gasteiger partial charge >= 0.3 is 0 Å². The Morgan fingerprint density at radius 3 is 2.71 bits per heavy atom. The number of rotatable bonds is 2. The van der Waals surface area contributed by atoms with Crippen LogP contribution in [0, 0.1) is 6.92 Å². The molecule has 0 fully saturated rings. The predicted octanol–water partition coefficient (Wildman–Crippen LogP) is 1.42. The van der Waals surface area contributed by atoms with Crippen molar-refractivity contribution in [1.82, 2.24) is 20.0 Å². The van der Waals surface area contributed by atoms with Gasteiger partial charge in [0.05, 0.1) is 5.69 Å². The number of aromatic nitrogens is 4. The molecule has 0 bridgehead atoms. The molecule has 17 heavy (non-hydrogen) atoms. The van der Waals surface area contributed by atoms with Crippen LogP contribution in [0.5, 0.6) is 0 Å². The van der Waals surface area contributed by atoms with Crippen LogP contribution in [0.25, 0.3) is 0 Å². The first kappa shape index (κ1) is 11.5. The van der Waals surface area contributed by atoms with E-state index < -0.39 is 0 Å². The number of nitrogens with zero attached hydrogens (tertiary/aromatic N) is 4. The molecule has 1 N–H and O–H groups in total. The van der Waals surface area contributed by atoms with Crippen molar-refractivity contribution in [1.29, 1.82) is 0 Å². The molecule has 0 spiro atoms. The van der Waals surface area contributed by atoms with Crippen LogP contribution in [0.15, 0.2) is 18.2 Å². The Kier molecular flexibility index (Phi) is 3.06. The molecule has 2 heterocycles. The van der Waals surface area contributed by atoms with Gasteiger partial charge in [-0.15, -0.1) is 10.2 Å². The third kappa shape index (κ3) is 2.59. The van der Waals surface area contributed by atoms with E-state index in [4.69, 9.17) is 11.6 Å². The number of amides is 1. The molecule has 7 heteroatoms. The molecule has 6 nitrogen and oxygen atoms in total. The van der Waals surface area contributed by atoms with E-state index in [1.54, 1.807) is 17.8 Å². The highest BCUT2D eigenvalue weighted by atomic mass is 35.5. The molecule has 0 saturated carbocycles. The first-order valence-electron chi connectivity index (χ1n) is 4.87. The van der Waals surface area contributed by atoms with Gasteiger partial charge in [0.25, 0.3) is 5.91 Å². The molecule has 0 unspecified atom stereocenters. The zero-order chi connectivity index (χ0) is 12.4. The fourth-order valence-corrected chi connectivity index (χ4v) is 1.45. The number of hydrogen-bond acceptors (Lipinski definition) is 4. The molecule has 0 aliphatic heterocycles. The minimum atomic E-state index is -0.350. The van der Waals surface area contributed by atoms with E-state index in [0.29, 0.717) is 5.82 Å². The number of hydrogen-bond donors (Lipinski definition) is 1. The van der Waals surface area contributed by atoms with Crippen LogP contribution >= 0.6 is 11.6 Å². The van der Waals surface area contributed by atoms with Crippen LogP contribution in [-0.2, 0) is 7.05 Å². The summed E-state index contributed by atoms with van der Waals surface area (Å²) in [5, 5.41) is 14.3. The van der Waals surface area contributed by atoms with Crippen LogP contribution in [0.4, 0.5) is 5.82 Å². The van der Waals surface area contributed by atoms with E-state index in [1.807, 2.05) is 6.92 Å². The van der Waals surface area contributed by atoms with Gasteiger partial charge in [-0.25, -0.2) is 0 Å². The molecular formula is C10H10ClN5O. The van der Waals surface area contributed by atoms with E-state index in [2.05, 4.69) is 20.6 Å². The lowest BCUT2D eigenvalue weighted by molar-refractivity contribution is 0.102. The minimum absolute atomic E-state index is 0.202. The number of nitrogens with one attached hydrogen (secondary N) is 1. The van der Waals surface area contributed by atoms with Gasteiger partial charge in [-0.3, -0.25) is 9.48 Å². The molecule has 2 rings (SSSR count). The van der Waals surface area contributed by atoms with E-state index in [9.17, 15) is 4.79 Å². The minimum Gasteiger partial charge on any atom is -0.305 e. The third-order valence-corrected chi connectivity index (χ3v) is 2.31. The molecule has 0 saturated heterocycles. The van der Waals surface area contributed by atoms with E-state index in [-0.39, 0.29) is 16.8 Å². The second-order valence-electron chi connectivity index (χ2n) is 3.49. The van der Waals surface area contributed by atoms with Crippen molar-refractivity contribution in [3.63, 3.8) is 0 Å². The number of carbonyl (C=O) groups is 1. The average Bonchev–Trinajstić information content (AvgIpc) is 2.58. The smallest absolute Gasteiger partial charge is 0.277 e. The number of aryl methyl sites for hydroxylation is 2. The summed E-state index contributed by atoms with van der Waals surface area (Å²) in [6.45, 7) is 1.84. The zero-order valence-electron chi connectivity index (χ0n) is 9.31. The van der Waals surface area contributed by atoms with E-state index in [0.717, 1.165) is 5.69 Å². The standard InChI is InChI=1S/C10H10ClN5O/c1-6-5-9(16(2)15-6)12-10(17)7-3-4-8(11)14-13-7/h3-5H,1-2H3,(H,12,17). The van der Waals surface area contributed by atoms with Crippen molar-refractivity contribution < 1.29 is 4.79 Å². The highest BCUT2D eigenvalue weighted by Gasteiger charge is 2.11. The highest BCUT2D eigenvalue weighted by molar-refractivity contribution is 6.29. The second kappa shape index (κ2) is 4.50. The number of anilines is 1. The Balaban J connectivity index is 2.17. The van der Waals surface area contributed by atoms with E-state index in [1.165, 1.54) is 12.1 Å². The van der Waals surface area contributed by atoms with Gasteiger partial charge in [0.15, 0.2) is 10.8 Å². The summed E-state index contributed by atoms with van der Waals surface area (Å²) in [5.74, 6) is 0.251. The highest BCUT2D eigenvalue weighted by Crippen LogP contribution is 2.10. The van der Waals surface area contributed by atoms with Crippen LogP contribution in [0.1, 0.15) is 16.2 Å². The van der Waals surface area contributed by atoms with Crippen molar-refractivity contribution >= 4 is 23.3 Å². The Morgan fingerprint density at radius 2 is 2.18 bits per heavy atom. The molecule has 1 amide bonds. The Hall–Kier alpha value is -1.95. The van der Waals surface area contributed by atoms with Gasteiger partial charge in [-0.05, 0) is 19.1 Å². The summed E-state index contributed by atoms with van der Waals surface area (Å²) in [7, 11) is 1.75. The van der Waals surface area contributed by atoms with E-state index >= 15 is 0 Å². The van der Waals surface area contributed by atoms with Crippen LogP contribution in [0.3, 0.4) is 0 Å². The molecule has 0 radical (unpaired) electrons. The quantitative estimate of drug-likeness (QED) is 0.876. The van der Waals surface area contributed by atoms with Gasteiger partial charge in [-0.2, -0.15) is 5.10 Å². The van der Waals surface area contributed by atoms with Crippen molar-refractivity contribution in [2.24, 2.45) is 7.05 Å². The summed E-state index contributed by atoms with van der Waals surface area (Å²) in [4.78, 5) is 11.8. The number of halogens is 1. The topological polar surface area (TPSA) is 72.7 Å². The fourth-order valence-electron chi connectivity index (χ4n) is 1.35. The lowest BCUT2D eigenvalue weighted by Crippen LogP contribution is -2.16. The normalized spacial score (nSPS) is 10.3. The van der Waals surface area contributed by atoms with Crippen molar-refractivity contribution in [2.45, 2.75) is 6.92 Å². The molecule has 0 aliphatic carbocycles. The Bertz CT molecular complexity index is 548. The van der Waals surface area contributed by atoms with Gasteiger partial charge in [-0.1, -0.05) is 11.6 Å². The van der Waals surface area contributed by atoms with Crippen LogP contribution in [-0.4, -0.2) is 25.9 Å². The maximum atomic E-state index is 11.8. The fraction of sp³-hybridized carbons (Fsp3) is 0.200. The van der Waals surface area contributed by atoms with Crippen LogP contribution in [0.2, 0.25) is 5.15 Å². The summed E-state index contributed by atoms with van der Waals surface area (Å²) < 4.78 is 1.58. The second-order valence-corrected chi connectivity index (χ2v) is 3.88. The maximum absolute atomic E-state index is 11.8. The number of carbonyl (C=O) groups excluding carboxylic acids is 1. The SMILES string of the molecule is Cc1cc(NC(=O)c2ccc(Cl)nn2)n(C)n1. The molecule has 0 atom stereocenters. The summed E-state index contributed by atoms with van der Waals surface area (Å²) in [6.07, 6.45) is 0. The van der Waals surface area contributed by atoms with Gasteiger partial charge < -0.3 is 5.32 Å². The lowest BCUT2D eigenvalue weighted by atomic mass is 10.3. The Labute approximate surface area is 103 Å². The largest absolute Gasteiger partial charge is 0.305 e. The van der Waals surface area contributed by atoms with Gasteiger partial charge in [0.1, 0.15) is 5.82 Å².